The molecule has 1 heterocycles. The fourth-order valence-corrected chi connectivity index (χ4v) is 1.63. The number of hydrogen-bond donors (Lipinski definition) is 0. The van der Waals surface area contributed by atoms with Crippen LogP contribution in [0.5, 0.6) is 11.5 Å². The highest BCUT2D eigenvalue weighted by molar-refractivity contribution is 5.74. The van der Waals surface area contributed by atoms with E-state index in [0.29, 0.717) is 17.2 Å². The van der Waals surface area contributed by atoms with Gasteiger partial charge in [0.1, 0.15) is 11.5 Å². The van der Waals surface area contributed by atoms with Gasteiger partial charge in [-0.3, -0.25) is 9.78 Å². The van der Waals surface area contributed by atoms with E-state index in [4.69, 9.17) is 4.74 Å². The maximum Gasteiger partial charge on any atom is 0.151 e. The van der Waals surface area contributed by atoms with Crippen LogP contribution in [0.25, 0.3) is 0 Å². The summed E-state index contributed by atoms with van der Waals surface area (Å²) in [6.45, 7) is 4.27. The lowest BCUT2D eigenvalue weighted by Gasteiger charge is -2.09. The Labute approximate surface area is 106 Å². The number of hydrogen-bond acceptors (Lipinski definition) is 3. The third-order valence-electron chi connectivity index (χ3n) is 2.63. The van der Waals surface area contributed by atoms with Gasteiger partial charge in [0, 0.05) is 11.8 Å². The maximum absolute atomic E-state index is 10.7. The molecule has 2 aromatic rings. The van der Waals surface area contributed by atoms with Crippen molar-refractivity contribution < 1.29 is 9.53 Å². The van der Waals surface area contributed by atoms with Crippen LogP contribution in [0.1, 0.15) is 35.7 Å². The van der Waals surface area contributed by atoms with Crippen LogP contribution in [-0.4, -0.2) is 11.3 Å². The van der Waals surface area contributed by atoms with Gasteiger partial charge in [-0.25, -0.2) is 0 Å². The molecule has 0 bridgehead atoms. The quantitative estimate of drug-likeness (QED) is 0.764. The zero-order chi connectivity index (χ0) is 13.0. The Morgan fingerprint density at radius 1 is 1.17 bits per heavy atom. The van der Waals surface area contributed by atoms with Crippen molar-refractivity contribution in [2.75, 3.05) is 0 Å². The molecule has 2 rings (SSSR count). The fraction of sp³-hybridized carbons (Fsp3) is 0.200. The summed E-state index contributed by atoms with van der Waals surface area (Å²) in [6, 6.07) is 9.58. The summed E-state index contributed by atoms with van der Waals surface area (Å²) < 4.78 is 5.69. The van der Waals surface area contributed by atoms with Crippen LogP contribution in [0.4, 0.5) is 0 Å². The molecule has 0 atom stereocenters. The van der Waals surface area contributed by atoms with Gasteiger partial charge in [-0.05, 0) is 29.7 Å². The van der Waals surface area contributed by atoms with Crippen LogP contribution in [0.15, 0.2) is 42.7 Å². The van der Waals surface area contributed by atoms with E-state index in [0.717, 1.165) is 12.0 Å². The molecule has 0 aliphatic heterocycles. The molecule has 0 aliphatic carbocycles. The number of carbonyl (C=O) groups excluding carboxylic acids is 1. The van der Waals surface area contributed by atoms with Crippen molar-refractivity contribution in [2.24, 2.45) is 0 Å². The molecule has 0 saturated heterocycles. The van der Waals surface area contributed by atoms with Crippen molar-refractivity contribution >= 4 is 6.29 Å². The minimum atomic E-state index is 0.452. The van der Waals surface area contributed by atoms with Crippen molar-refractivity contribution in [3.05, 3.63) is 53.9 Å². The van der Waals surface area contributed by atoms with Crippen molar-refractivity contribution in [2.45, 2.75) is 19.8 Å². The lowest BCUT2D eigenvalue weighted by atomic mass is 10.0. The molecule has 0 saturated carbocycles. The summed E-state index contributed by atoms with van der Waals surface area (Å²) in [5, 5.41) is 0. The number of aromatic nitrogens is 1. The summed E-state index contributed by atoms with van der Waals surface area (Å²) in [7, 11) is 0. The molecule has 0 amide bonds. The van der Waals surface area contributed by atoms with Crippen molar-refractivity contribution in [3.63, 3.8) is 0 Å². The van der Waals surface area contributed by atoms with Crippen molar-refractivity contribution in [3.8, 4) is 11.5 Å². The van der Waals surface area contributed by atoms with Gasteiger partial charge in [0.05, 0.1) is 6.20 Å². The normalized spacial score (nSPS) is 10.4. The summed E-state index contributed by atoms with van der Waals surface area (Å²) in [6.07, 6.45) is 3.85. The molecule has 3 heteroatoms. The van der Waals surface area contributed by atoms with E-state index in [1.54, 1.807) is 12.3 Å². The SMILES string of the molecule is CC(C)c1cccc(Oc2cncc(C=O)c2)c1. The highest BCUT2D eigenvalue weighted by Crippen LogP contribution is 2.24. The second kappa shape index (κ2) is 5.45. The molecule has 0 aliphatic rings. The van der Waals surface area contributed by atoms with E-state index >= 15 is 0 Å². The summed E-state index contributed by atoms with van der Waals surface area (Å²) in [5.41, 5.74) is 1.72. The van der Waals surface area contributed by atoms with E-state index in [1.807, 2.05) is 18.2 Å². The Hall–Kier alpha value is -2.16. The third-order valence-corrected chi connectivity index (χ3v) is 2.63. The predicted octanol–water partition coefficient (Wildman–Crippen LogP) is 3.81. The van der Waals surface area contributed by atoms with E-state index < -0.39 is 0 Å². The predicted molar refractivity (Wildman–Crippen MR) is 70.2 cm³/mol. The Balaban J connectivity index is 2.22. The Morgan fingerprint density at radius 3 is 2.72 bits per heavy atom. The molecule has 0 unspecified atom stereocenters. The topological polar surface area (TPSA) is 39.2 Å². The van der Waals surface area contributed by atoms with Crippen LogP contribution < -0.4 is 4.74 Å². The van der Waals surface area contributed by atoms with Crippen molar-refractivity contribution in [1.29, 1.82) is 0 Å². The van der Waals surface area contributed by atoms with Crippen LogP contribution in [0.3, 0.4) is 0 Å². The number of carbonyl (C=O) groups is 1. The van der Waals surface area contributed by atoms with Crippen molar-refractivity contribution in [1.82, 2.24) is 4.98 Å². The fourth-order valence-electron chi connectivity index (χ4n) is 1.63. The highest BCUT2D eigenvalue weighted by atomic mass is 16.5. The monoisotopic (exact) mass is 241 g/mol. The van der Waals surface area contributed by atoms with Gasteiger partial charge in [-0.1, -0.05) is 26.0 Å². The molecular weight excluding hydrogens is 226 g/mol. The molecular formula is C15H15NO2. The number of aldehydes is 1. The van der Waals surface area contributed by atoms with Gasteiger partial charge >= 0.3 is 0 Å². The minimum Gasteiger partial charge on any atom is -0.456 e. The number of pyridine rings is 1. The standard InChI is InChI=1S/C15H15NO2/c1-11(2)13-4-3-5-14(7-13)18-15-6-12(10-17)8-16-9-15/h3-11H,1-2H3. The Bertz CT molecular complexity index is 550. The number of rotatable bonds is 4. The van der Waals surface area contributed by atoms with E-state index in [-0.39, 0.29) is 0 Å². The van der Waals surface area contributed by atoms with Crippen LogP contribution in [0, 0.1) is 0 Å². The summed E-state index contributed by atoms with van der Waals surface area (Å²) >= 11 is 0. The van der Waals surface area contributed by atoms with Gasteiger partial charge in [0.2, 0.25) is 0 Å². The third kappa shape index (κ3) is 2.94. The molecule has 0 spiro atoms. The first-order valence-corrected chi connectivity index (χ1v) is 5.87. The second-order valence-corrected chi connectivity index (χ2v) is 4.40. The molecule has 92 valence electrons. The van der Waals surface area contributed by atoms with E-state index in [2.05, 4.69) is 24.9 Å². The zero-order valence-electron chi connectivity index (χ0n) is 10.5. The highest BCUT2D eigenvalue weighted by Gasteiger charge is 2.03. The molecule has 1 aromatic carbocycles. The molecule has 18 heavy (non-hydrogen) atoms. The van der Waals surface area contributed by atoms with Crippen LogP contribution >= 0.6 is 0 Å². The second-order valence-electron chi connectivity index (χ2n) is 4.40. The average molecular weight is 241 g/mol. The summed E-state index contributed by atoms with van der Waals surface area (Å²) in [5.74, 6) is 1.78. The molecule has 1 aromatic heterocycles. The van der Waals surface area contributed by atoms with Gasteiger partial charge in [-0.2, -0.15) is 0 Å². The minimum absolute atomic E-state index is 0.452. The van der Waals surface area contributed by atoms with Gasteiger partial charge in [-0.15, -0.1) is 0 Å². The van der Waals surface area contributed by atoms with E-state index in [1.165, 1.54) is 11.8 Å². The largest absolute Gasteiger partial charge is 0.456 e. The van der Waals surface area contributed by atoms with E-state index in [9.17, 15) is 4.79 Å². The maximum atomic E-state index is 10.7. The molecule has 0 radical (unpaired) electrons. The zero-order valence-corrected chi connectivity index (χ0v) is 10.5. The Kier molecular flexibility index (Phi) is 3.72. The van der Waals surface area contributed by atoms with Crippen LogP contribution in [0.2, 0.25) is 0 Å². The molecule has 3 nitrogen and oxygen atoms in total. The van der Waals surface area contributed by atoms with Gasteiger partial charge in [0.15, 0.2) is 6.29 Å². The molecule has 0 fully saturated rings. The first kappa shape index (κ1) is 12.3. The molecule has 0 N–H and O–H groups in total. The first-order chi connectivity index (χ1) is 8.69. The lowest BCUT2D eigenvalue weighted by Crippen LogP contribution is -1.91. The smallest absolute Gasteiger partial charge is 0.151 e. The lowest BCUT2D eigenvalue weighted by molar-refractivity contribution is 0.112. The average Bonchev–Trinajstić information content (AvgIpc) is 2.39. The number of benzene rings is 1. The first-order valence-electron chi connectivity index (χ1n) is 5.87. The van der Waals surface area contributed by atoms with Crippen LogP contribution in [-0.2, 0) is 0 Å². The number of nitrogens with zero attached hydrogens (tertiary/aromatic N) is 1. The summed E-state index contributed by atoms with van der Waals surface area (Å²) in [4.78, 5) is 14.6. The van der Waals surface area contributed by atoms with Gasteiger partial charge < -0.3 is 4.74 Å². The van der Waals surface area contributed by atoms with Gasteiger partial charge in [0.25, 0.3) is 0 Å². The number of ether oxygens (including phenoxy) is 1. The Morgan fingerprint density at radius 2 is 2.00 bits per heavy atom.